The van der Waals surface area contributed by atoms with Crippen molar-refractivity contribution in [3.63, 3.8) is 0 Å². The van der Waals surface area contributed by atoms with Gasteiger partial charge in [0.15, 0.2) is 0 Å². The van der Waals surface area contributed by atoms with E-state index in [0.29, 0.717) is 11.5 Å². The van der Waals surface area contributed by atoms with Crippen LogP contribution in [-0.4, -0.2) is 17.5 Å². The summed E-state index contributed by atoms with van der Waals surface area (Å²) < 4.78 is 5.66. The maximum atomic E-state index is 9.02. The number of rotatable bonds is 5. The van der Waals surface area contributed by atoms with Crippen molar-refractivity contribution in [2.24, 2.45) is 9.98 Å². The second-order valence-corrected chi connectivity index (χ2v) is 5.42. The van der Waals surface area contributed by atoms with Gasteiger partial charge in [-0.25, -0.2) is 0 Å². The number of hydrogen-bond acceptors (Lipinski definition) is 4. The van der Waals surface area contributed by atoms with Crippen LogP contribution < -0.4 is 0 Å². The maximum absolute atomic E-state index is 9.02. The average molecular weight is 318 g/mol. The molecule has 0 bridgehead atoms. The summed E-state index contributed by atoms with van der Waals surface area (Å²) in [6.45, 7) is 2.08. The number of aryl methyl sites for hydroxylation is 1. The number of hydrogen-bond donors (Lipinski definition) is 1. The van der Waals surface area contributed by atoms with Gasteiger partial charge in [-0.05, 0) is 48.9 Å². The Morgan fingerprint density at radius 1 is 0.792 bits per heavy atom. The monoisotopic (exact) mass is 318 g/mol. The molecule has 120 valence electrons. The molecule has 0 saturated heterocycles. The minimum Gasteiger partial charge on any atom is -0.454 e. The zero-order chi connectivity index (χ0) is 16.8. The van der Waals surface area contributed by atoms with E-state index in [2.05, 4.69) is 9.98 Å². The molecule has 0 aliphatic carbocycles. The Bertz CT molecular complexity index is 844. The summed E-state index contributed by atoms with van der Waals surface area (Å²) in [6.07, 6.45) is 3.36. The predicted molar refractivity (Wildman–Crippen MR) is 96.8 cm³/mol. The number of nitrogens with zero attached hydrogens (tertiary/aromatic N) is 2. The van der Waals surface area contributed by atoms with Gasteiger partial charge in [-0.3, -0.25) is 9.98 Å². The van der Waals surface area contributed by atoms with E-state index in [0.717, 1.165) is 16.9 Å². The van der Waals surface area contributed by atoms with Gasteiger partial charge in [0.1, 0.15) is 11.5 Å². The minimum absolute atomic E-state index is 0.0336. The van der Waals surface area contributed by atoms with Crippen LogP contribution in [0.1, 0.15) is 22.6 Å². The number of furan rings is 1. The summed E-state index contributed by atoms with van der Waals surface area (Å²) in [4.78, 5) is 8.73. The first-order chi connectivity index (χ1) is 11.7. The number of aliphatic hydroxyl groups is 1. The highest BCUT2D eigenvalue weighted by atomic mass is 16.3. The van der Waals surface area contributed by atoms with Crippen molar-refractivity contribution in [1.29, 1.82) is 0 Å². The summed E-state index contributed by atoms with van der Waals surface area (Å²) in [7, 11) is 0. The third kappa shape index (κ3) is 4.27. The van der Waals surface area contributed by atoms with Crippen LogP contribution in [0.25, 0.3) is 0 Å². The van der Waals surface area contributed by atoms with Crippen LogP contribution in [0.5, 0.6) is 0 Å². The average Bonchev–Trinajstić information content (AvgIpc) is 3.08. The standard InChI is InChI=1S/C20H18N2O2/c1-15-2-6-17(7-3-15)21-12-19-10-11-20(24-19)13-22-18-8-4-16(14-23)5-9-18/h2-13,23H,14H2,1H3. The molecule has 0 fully saturated rings. The topological polar surface area (TPSA) is 58.1 Å². The molecule has 0 aliphatic rings. The van der Waals surface area contributed by atoms with E-state index >= 15 is 0 Å². The van der Waals surface area contributed by atoms with Gasteiger partial charge in [0.05, 0.1) is 30.4 Å². The van der Waals surface area contributed by atoms with Gasteiger partial charge < -0.3 is 9.52 Å². The van der Waals surface area contributed by atoms with Crippen LogP contribution in [0.2, 0.25) is 0 Å². The summed E-state index contributed by atoms with van der Waals surface area (Å²) in [5.74, 6) is 1.33. The molecule has 4 nitrogen and oxygen atoms in total. The maximum Gasteiger partial charge on any atom is 0.145 e. The summed E-state index contributed by atoms with van der Waals surface area (Å²) in [5, 5.41) is 9.02. The molecule has 4 heteroatoms. The molecule has 1 N–H and O–H groups in total. The van der Waals surface area contributed by atoms with E-state index in [1.54, 1.807) is 12.4 Å². The third-order valence-electron chi connectivity index (χ3n) is 3.48. The lowest BCUT2D eigenvalue weighted by atomic mass is 10.2. The van der Waals surface area contributed by atoms with Crippen molar-refractivity contribution in [3.05, 3.63) is 83.3 Å². The largest absolute Gasteiger partial charge is 0.454 e. The van der Waals surface area contributed by atoms with E-state index in [9.17, 15) is 0 Å². The van der Waals surface area contributed by atoms with Crippen molar-refractivity contribution >= 4 is 23.8 Å². The van der Waals surface area contributed by atoms with Crippen LogP contribution >= 0.6 is 0 Å². The van der Waals surface area contributed by atoms with Crippen molar-refractivity contribution in [2.45, 2.75) is 13.5 Å². The van der Waals surface area contributed by atoms with Crippen LogP contribution in [0.15, 0.2) is 75.1 Å². The molecule has 0 amide bonds. The molecule has 3 aromatic rings. The number of aliphatic imine (C=N–C) groups is 2. The molecule has 0 radical (unpaired) electrons. The highest BCUT2D eigenvalue weighted by Crippen LogP contribution is 2.15. The fourth-order valence-electron chi connectivity index (χ4n) is 2.10. The molecule has 1 aromatic heterocycles. The van der Waals surface area contributed by atoms with Gasteiger partial charge in [0, 0.05) is 0 Å². The SMILES string of the molecule is Cc1ccc(N=Cc2ccc(C=Nc3ccc(CO)cc3)o2)cc1. The Kier molecular flexibility index (Phi) is 4.99. The quantitative estimate of drug-likeness (QED) is 0.700. The molecule has 3 rings (SSSR count). The van der Waals surface area contributed by atoms with Crippen molar-refractivity contribution < 1.29 is 9.52 Å². The minimum atomic E-state index is 0.0336. The molecule has 0 atom stereocenters. The zero-order valence-electron chi connectivity index (χ0n) is 13.4. The van der Waals surface area contributed by atoms with Gasteiger partial charge >= 0.3 is 0 Å². The molecule has 0 unspecified atom stereocenters. The highest BCUT2D eigenvalue weighted by molar-refractivity contribution is 5.83. The van der Waals surface area contributed by atoms with E-state index < -0.39 is 0 Å². The van der Waals surface area contributed by atoms with Gasteiger partial charge in [0.2, 0.25) is 0 Å². The van der Waals surface area contributed by atoms with Crippen LogP contribution in [-0.2, 0) is 6.61 Å². The summed E-state index contributed by atoms with van der Waals surface area (Å²) >= 11 is 0. The van der Waals surface area contributed by atoms with Crippen molar-refractivity contribution in [2.75, 3.05) is 0 Å². The van der Waals surface area contributed by atoms with Gasteiger partial charge in [-0.2, -0.15) is 0 Å². The smallest absolute Gasteiger partial charge is 0.145 e. The Labute approximate surface area is 140 Å². The van der Waals surface area contributed by atoms with E-state index in [4.69, 9.17) is 9.52 Å². The van der Waals surface area contributed by atoms with Crippen molar-refractivity contribution in [3.8, 4) is 0 Å². The molecule has 0 saturated carbocycles. The van der Waals surface area contributed by atoms with Crippen LogP contribution in [0, 0.1) is 6.92 Å². The van der Waals surface area contributed by atoms with E-state index in [1.807, 2.05) is 67.6 Å². The molecule has 2 aromatic carbocycles. The zero-order valence-corrected chi connectivity index (χ0v) is 13.4. The summed E-state index contributed by atoms with van der Waals surface area (Å²) in [5.41, 5.74) is 3.76. The normalized spacial score (nSPS) is 11.6. The molecular formula is C20H18N2O2. The van der Waals surface area contributed by atoms with Gasteiger partial charge in [-0.1, -0.05) is 29.8 Å². The Morgan fingerprint density at radius 2 is 1.29 bits per heavy atom. The van der Waals surface area contributed by atoms with Crippen LogP contribution in [0.4, 0.5) is 11.4 Å². The predicted octanol–water partition coefficient (Wildman–Crippen LogP) is 4.58. The van der Waals surface area contributed by atoms with E-state index in [1.165, 1.54) is 5.56 Å². The third-order valence-corrected chi connectivity index (χ3v) is 3.48. The Morgan fingerprint density at radius 3 is 1.79 bits per heavy atom. The fourth-order valence-corrected chi connectivity index (χ4v) is 2.10. The Hall–Kier alpha value is -2.98. The second-order valence-electron chi connectivity index (χ2n) is 5.42. The summed E-state index contributed by atoms with van der Waals surface area (Å²) in [6, 6.07) is 19.1. The molecule has 0 aliphatic heterocycles. The number of aliphatic hydroxyl groups excluding tert-OH is 1. The Balaban J connectivity index is 1.66. The lowest BCUT2D eigenvalue weighted by Gasteiger charge is -1.96. The molecule has 24 heavy (non-hydrogen) atoms. The fraction of sp³-hybridized carbons (Fsp3) is 0.100. The first-order valence-electron chi connectivity index (χ1n) is 7.67. The lowest BCUT2D eigenvalue weighted by Crippen LogP contribution is -1.80. The second kappa shape index (κ2) is 7.53. The molecule has 0 spiro atoms. The van der Waals surface area contributed by atoms with Crippen molar-refractivity contribution in [1.82, 2.24) is 0 Å². The van der Waals surface area contributed by atoms with Gasteiger partial charge in [0.25, 0.3) is 0 Å². The molecular weight excluding hydrogens is 300 g/mol. The highest BCUT2D eigenvalue weighted by Gasteiger charge is 1.98. The van der Waals surface area contributed by atoms with Crippen LogP contribution in [0.3, 0.4) is 0 Å². The number of benzene rings is 2. The first-order valence-corrected chi connectivity index (χ1v) is 7.67. The van der Waals surface area contributed by atoms with E-state index in [-0.39, 0.29) is 6.61 Å². The molecule has 1 heterocycles. The van der Waals surface area contributed by atoms with Gasteiger partial charge in [-0.15, -0.1) is 0 Å². The lowest BCUT2D eigenvalue weighted by molar-refractivity contribution is 0.282. The first kappa shape index (κ1) is 15.9.